The molecule has 11 heteroatoms. The first-order valence-electron chi connectivity index (χ1n) is 8.15. The van der Waals surface area contributed by atoms with E-state index in [1.54, 1.807) is 31.2 Å². The summed E-state index contributed by atoms with van der Waals surface area (Å²) in [6.45, 7) is 1.51. The molecule has 0 fully saturated rings. The number of sulfonamides is 1. The number of aryl methyl sites for hydroxylation is 1. The van der Waals surface area contributed by atoms with Gasteiger partial charge in [-0.05, 0) is 36.2 Å². The zero-order valence-electron chi connectivity index (χ0n) is 14.6. The van der Waals surface area contributed by atoms with E-state index in [1.807, 2.05) is 0 Å². The van der Waals surface area contributed by atoms with Crippen molar-refractivity contribution in [3.63, 3.8) is 0 Å². The number of nitro groups is 1. The zero-order valence-corrected chi connectivity index (χ0v) is 16.2. The van der Waals surface area contributed by atoms with Crippen LogP contribution >= 0.6 is 11.6 Å². The van der Waals surface area contributed by atoms with Crippen LogP contribution in [0.15, 0.2) is 51.9 Å². The van der Waals surface area contributed by atoms with E-state index < -0.39 is 14.9 Å². The van der Waals surface area contributed by atoms with Gasteiger partial charge < -0.3 is 4.52 Å². The number of nitro benzene ring substituents is 1. The van der Waals surface area contributed by atoms with E-state index in [2.05, 4.69) is 14.9 Å². The van der Waals surface area contributed by atoms with Gasteiger partial charge in [-0.25, -0.2) is 13.1 Å². The Balaban J connectivity index is 1.80. The molecule has 3 rings (SSSR count). The molecule has 146 valence electrons. The highest BCUT2D eigenvalue weighted by Gasteiger charge is 2.22. The lowest BCUT2D eigenvalue weighted by Gasteiger charge is -2.09. The van der Waals surface area contributed by atoms with Gasteiger partial charge in [0.1, 0.15) is 0 Å². The van der Waals surface area contributed by atoms with Crippen molar-refractivity contribution in [3.8, 4) is 11.4 Å². The van der Waals surface area contributed by atoms with Gasteiger partial charge in [0.2, 0.25) is 21.7 Å². The maximum atomic E-state index is 12.6. The summed E-state index contributed by atoms with van der Waals surface area (Å²) < 4.78 is 32.7. The molecule has 1 N–H and O–H groups in total. The Morgan fingerprint density at radius 2 is 1.93 bits per heavy atom. The van der Waals surface area contributed by atoms with E-state index in [4.69, 9.17) is 16.1 Å². The minimum absolute atomic E-state index is 0.0528. The van der Waals surface area contributed by atoms with Crippen LogP contribution in [-0.2, 0) is 23.0 Å². The Hall–Kier alpha value is -2.82. The van der Waals surface area contributed by atoms with Crippen LogP contribution in [-0.4, -0.2) is 23.5 Å². The number of aromatic nitrogens is 2. The second kappa shape index (κ2) is 8.05. The molecule has 0 saturated carbocycles. The quantitative estimate of drug-likeness (QED) is 0.456. The molecule has 28 heavy (non-hydrogen) atoms. The van der Waals surface area contributed by atoms with Gasteiger partial charge in [0.15, 0.2) is 0 Å². The van der Waals surface area contributed by atoms with Gasteiger partial charge in [-0.2, -0.15) is 4.98 Å². The summed E-state index contributed by atoms with van der Waals surface area (Å²) in [5.74, 6) is 0.340. The molecule has 0 unspecified atom stereocenters. The Bertz CT molecular complexity index is 1110. The Labute approximate surface area is 165 Å². The van der Waals surface area contributed by atoms with E-state index >= 15 is 0 Å². The van der Waals surface area contributed by atoms with Gasteiger partial charge >= 0.3 is 0 Å². The standard InChI is InChI=1S/C17H15ClN4O5S/c1-2-11-5-8-14(22(23)24)9-15(11)28(25,26)19-10-16-20-17(21-27-16)12-3-6-13(18)7-4-12/h3-9,19H,2,10H2,1H3. The number of rotatable bonds is 7. The van der Waals surface area contributed by atoms with Crippen LogP contribution in [0, 0.1) is 10.1 Å². The second-order valence-corrected chi connectivity index (χ2v) is 7.92. The number of benzene rings is 2. The van der Waals surface area contributed by atoms with Crippen molar-refractivity contribution < 1.29 is 17.9 Å². The van der Waals surface area contributed by atoms with Crippen molar-refractivity contribution in [3.05, 3.63) is 69.1 Å². The molecule has 0 radical (unpaired) electrons. The predicted octanol–water partition coefficient (Wildman–Crippen LogP) is 3.34. The fraction of sp³-hybridized carbons (Fsp3) is 0.176. The summed E-state index contributed by atoms with van der Waals surface area (Å²) in [6, 6.07) is 10.5. The molecular formula is C17H15ClN4O5S. The number of non-ortho nitro benzene ring substituents is 1. The smallest absolute Gasteiger partial charge is 0.270 e. The first-order chi connectivity index (χ1) is 13.3. The fourth-order valence-electron chi connectivity index (χ4n) is 2.48. The highest BCUT2D eigenvalue weighted by Crippen LogP contribution is 2.23. The monoisotopic (exact) mass is 422 g/mol. The minimum Gasteiger partial charge on any atom is -0.338 e. The Morgan fingerprint density at radius 3 is 2.57 bits per heavy atom. The maximum absolute atomic E-state index is 12.6. The van der Waals surface area contributed by atoms with Gasteiger partial charge in [-0.3, -0.25) is 10.1 Å². The molecular weight excluding hydrogens is 408 g/mol. The van der Waals surface area contributed by atoms with Crippen molar-refractivity contribution in [2.24, 2.45) is 0 Å². The predicted molar refractivity (Wildman–Crippen MR) is 101 cm³/mol. The largest absolute Gasteiger partial charge is 0.338 e. The third-order valence-electron chi connectivity index (χ3n) is 3.92. The lowest BCUT2D eigenvalue weighted by Crippen LogP contribution is -2.24. The molecule has 3 aromatic rings. The zero-order chi connectivity index (χ0) is 20.3. The molecule has 1 aromatic heterocycles. The van der Waals surface area contributed by atoms with Gasteiger partial charge in [-0.1, -0.05) is 29.7 Å². The van der Waals surface area contributed by atoms with Crippen LogP contribution < -0.4 is 4.72 Å². The fourth-order valence-corrected chi connectivity index (χ4v) is 3.90. The molecule has 0 aliphatic carbocycles. The van der Waals surface area contributed by atoms with Crippen LogP contribution in [0.2, 0.25) is 5.02 Å². The highest BCUT2D eigenvalue weighted by molar-refractivity contribution is 7.89. The summed E-state index contributed by atoms with van der Waals surface area (Å²) in [4.78, 5) is 14.3. The average Bonchev–Trinajstić information content (AvgIpc) is 3.15. The van der Waals surface area contributed by atoms with Crippen molar-refractivity contribution in [1.29, 1.82) is 0 Å². The third-order valence-corrected chi connectivity index (χ3v) is 5.65. The van der Waals surface area contributed by atoms with Crippen LogP contribution in [0.4, 0.5) is 5.69 Å². The maximum Gasteiger partial charge on any atom is 0.270 e. The molecule has 0 saturated heterocycles. The van der Waals surface area contributed by atoms with Gasteiger partial charge in [0.05, 0.1) is 16.4 Å². The highest BCUT2D eigenvalue weighted by atomic mass is 35.5. The first-order valence-corrected chi connectivity index (χ1v) is 10.0. The molecule has 0 bridgehead atoms. The Morgan fingerprint density at radius 1 is 1.21 bits per heavy atom. The number of nitrogens with one attached hydrogen (secondary N) is 1. The van der Waals surface area contributed by atoms with Gasteiger partial charge in [0, 0.05) is 22.7 Å². The van der Waals surface area contributed by atoms with Crippen molar-refractivity contribution in [1.82, 2.24) is 14.9 Å². The second-order valence-electron chi connectivity index (χ2n) is 5.75. The van der Waals surface area contributed by atoms with E-state index in [0.717, 1.165) is 6.07 Å². The third kappa shape index (κ3) is 4.35. The number of hydrogen-bond donors (Lipinski definition) is 1. The van der Waals surface area contributed by atoms with E-state index in [9.17, 15) is 18.5 Å². The molecule has 1 heterocycles. The lowest BCUT2D eigenvalue weighted by atomic mass is 10.1. The molecule has 0 atom stereocenters. The minimum atomic E-state index is -4.02. The van der Waals surface area contributed by atoms with Crippen LogP contribution in [0.5, 0.6) is 0 Å². The van der Waals surface area contributed by atoms with Crippen molar-refractivity contribution in [2.75, 3.05) is 0 Å². The average molecular weight is 423 g/mol. The van der Waals surface area contributed by atoms with Crippen LogP contribution in [0.1, 0.15) is 18.4 Å². The summed E-state index contributed by atoms with van der Waals surface area (Å²) >= 11 is 5.83. The van der Waals surface area contributed by atoms with Crippen molar-refractivity contribution in [2.45, 2.75) is 24.8 Å². The van der Waals surface area contributed by atoms with Crippen molar-refractivity contribution >= 4 is 27.3 Å². The summed E-state index contributed by atoms with van der Waals surface area (Å²) in [5.41, 5.74) is 0.820. The first kappa shape index (κ1) is 19.9. The summed E-state index contributed by atoms with van der Waals surface area (Å²) in [7, 11) is -4.02. The molecule has 0 aliphatic rings. The van der Waals surface area contributed by atoms with Gasteiger partial charge in [0.25, 0.3) is 5.69 Å². The molecule has 0 spiro atoms. The number of hydrogen-bond acceptors (Lipinski definition) is 7. The normalized spacial score (nSPS) is 11.5. The Kier molecular flexibility index (Phi) is 5.73. The van der Waals surface area contributed by atoms with E-state index in [0.29, 0.717) is 22.6 Å². The summed E-state index contributed by atoms with van der Waals surface area (Å²) in [6.07, 6.45) is 0.398. The molecule has 0 aliphatic heterocycles. The van der Waals surface area contributed by atoms with Crippen LogP contribution in [0.25, 0.3) is 11.4 Å². The number of halogens is 1. The van der Waals surface area contributed by atoms with Crippen LogP contribution in [0.3, 0.4) is 0 Å². The SMILES string of the molecule is CCc1ccc([N+](=O)[O-])cc1S(=O)(=O)NCc1nc(-c2ccc(Cl)cc2)no1. The molecule has 9 nitrogen and oxygen atoms in total. The lowest BCUT2D eigenvalue weighted by molar-refractivity contribution is -0.385. The molecule has 2 aromatic carbocycles. The number of nitrogens with zero attached hydrogens (tertiary/aromatic N) is 3. The van der Waals surface area contributed by atoms with Gasteiger partial charge in [-0.15, -0.1) is 0 Å². The van der Waals surface area contributed by atoms with E-state index in [-0.39, 0.29) is 28.8 Å². The topological polar surface area (TPSA) is 128 Å². The summed E-state index contributed by atoms with van der Waals surface area (Å²) in [5, 5.41) is 15.3. The van der Waals surface area contributed by atoms with E-state index in [1.165, 1.54) is 12.1 Å². The molecule has 0 amide bonds.